The van der Waals surface area contributed by atoms with Crippen molar-refractivity contribution in [2.75, 3.05) is 5.32 Å². The molecule has 0 saturated heterocycles. The van der Waals surface area contributed by atoms with E-state index in [1.165, 1.54) is 0 Å². The number of hydrogen-bond donors (Lipinski definition) is 2. The van der Waals surface area contributed by atoms with Crippen LogP contribution in [0.25, 0.3) is 0 Å². The van der Waals surface area contributed by atoms with Gasteiger partial charge in [-0.25, -0.2) is 4.98 Å². The minimum atomic E-state index is -1.17. The summed E-state index contributed by atoms with van der Waals surface area (Å²) < 4.78 is 0. The predicted molar refractivity (Wildman–Crippen MR) is 104 cm³/mol. The van der Waals surface area contributed by atoms with E-state index in [2.05, 4.69) is 10.3 Å². The van der Waals surface area contributed by atoms with Gasteiger partial charge in [0.25, 0.3) is 0 Å². The van der Waals surface area contributed by atoms with Gasteiger partial charge in [-0.05, 0) is 54.4 Å². The standard InChI is InChI=1S/C20H18Cl2N2O/c1-2-20(25,14-5-7-15(21)8-6-14)18-4-3-13-23-19(18)24-17-11-9-16(22)10-12-17/h3-13,25H,2H2,1H3,(H,23,24). The third-order valence-electron chi connectivity index (χ3n) is 4.19. The van der Waals surface area contributed by atoms with E-state index in [-0.39, 0.29) is 0 Å². The number of rotatable bonds is 5. The normalized spacial score (nSPS) is 13.3. The van der Waals surface area contributed by atoms with E-state index in [1.54, 1.807) is 30.5 Å². The highest BCUT2D eigenvalue weighted by molar-refractivity contribution is 6.30. The molecule has 128 valence electrons. The molecule has 3 aromatic rings. The van der Waals surface area contributed by atoms with Gasteiger partial charge >= 0.3 is 0 Å². The fraction of sp³-hybridized carbons (Fsp3) is 0.150. The Morgan fingerprint density at radius 3 is 2.16 bits per heavy atom. The topological polar surface area (TPSA) is 45.2 Å². The number of hydrogen-bond acceptors (Lipinski definition) is 3. The van der Waals surface area contributed by atoms with Crippen LogP contribution in [-0.2, 0) is 5.60 Å². The molecule has 25 heavy (non-hydrogen) atoms. The Kier molecular flexibility index (Phi) is 5.28. The van der Waals surface area contributed by atoms with Crippen LogP contribution in [0.4, 0.5) is 11.5 Å². The van der Waals surface area contributed by atoms with Gasteiger partial charge in [0, 0.05) is 27.5 Å². The highest BCUT2D eigenvalue weighted by Crippen LogP contribution is 2.37. The van der Waals surface area contributed by atoms with Crippen molar-refractivity contribution in [3.8, 4) is 0 Å². The van der Waals surface area contributed by atoms with Gasteiger partial charge in [-0.3, -0.25) is 0 Å². The Hall–Kier alpha value is -2.07. The number of aliphatic hydroxyl groups is 1. The van der Waals surface area contributed by atoms with Gasteiger partial charge in [-0.2, -0.15) is 0 Å². The first kappa shape index (κ1) is 17.7. The Bertz CT molecular complexity index is 850. The molecule has 0 radical (unpaired) electrons. The van der Waals surface area contributed by atoms with Crippen molar-refractivity contribution < 1.29 is 5.11 Å². The molecule has 2 aromatic carbocycles. The molecule has 3 rings (SSSR count). The second kappa shape index (κ2) is 7.44. The van der Waals surface area contributed by atoms with Gasteiger partial charge in [-0.15, -0.1) is 0 Å². The Balaban J connectivity index is 2.03. The number of benzene rings is 2. The second-order valence-electron chi connectivity index (χ2n) is 5.75. The monoisotopic (exact) mass is 372 g/mol. The van der Waals surface area contributed by atoms with Crippen LogP contribution in [0.2, 0.25) is 10.0 Å². The fourth-order valence-corrected chi connectivity index (χ4v) is 3.04. The first-order valence-electron chi connectivity index (χ1n) is 7.99. The predicted octanol–water partition coefficient (Wildman–Crippen LogP) is 5.78. The van der Waals surface area contributed by atoms with Gasteiger partial charge in [0.05, 0.1) is 0 Å². The van der Waals surface area contributed by atoms with E-state index in [0.717, 1.165) is 11.3 Å². The summed E-state index contributed by atoms with van der Waals surface area (Å²) in [4.78, 5) is 4.42. The Morgan fingerprint density at radius 2 is 1.56 bits per heavy atom. The van der Waals surface area contributed by atoms with E-state index < -0.39 is 5.60 Å². The maximum Gasteiger partial charge on any atom is 0.136 e. The summed E-state index contributed by atoms with van der Waals surface area (Å²) in [7, 11) is 0. The minimum absolute atomic E-state index is 0.496. The quantitative estimate of drug-likeness (QED) is 0.596. The number of nitrogens with one attached hydrogen (secondary N) is 1. The van der Waals surface area contributed by atoms with Crippen LogP contribution < -0.4 is 5.32 Å². The average Bonchev–Trinajstić information content (AvgIpc) is 2.64. The van der Waals surface area contributed by atoms with Crippen molar-refractivity contribution >= 4 is 34.7 Å². The molecule has 0 fully saturated rings. The molecule has 5 heteroatoms. The maximum absolute atomic E-state index is 11.4. The molecule has 0 bridgehead atoms. The SMILES string of the molecule is CCC(O)(c1ccc(Cl)cc1)c1cccnc1Nc1ccc(Cl)cc1. The smallest absolute Gasteiger partial charge is 0.136 e. The number of halogens is 2. The molecule has 2 N–H and O–H groups in total. The largest absolute Gasteiger partial charge is 0.380 e. The summed E-state index contributed by atoms with van der Waals surface area (Å²) in [5, 5.41) is 16.0. The first-order chi connectivity index (χ1) is 12.0. The van der Waals surface area contributed by atoms with Gasteiger partial charge in [0.15, 0.2) is 0 Å². The summed E-state index contributed by atoms with van der Waals surface area (Å²) in [5.41, 5.74) is 1.15. The Labute approximate surface area is 157 Å². The number of nitrogens with zero attached hydrogens (tertiary/aromatic N) is 1. The minimum Gasteiger partial charge on any atom is -0.380 e. The summed E-state index contributed by atoms with van der Waals surface area (Å²) in [6, 6.07) is 18.3. The van der Waals surface area contributed by atoms with Crippen molar-refractivity contribution in [2.45, 2.75) is 18.9 Å². The van der Waals surface area contributed by atoms with Gasteiger partial charge in [0.1, 0.15) is 11.4 Å². The first-order valence-corrected chi connectivity index (χ1v) is 8.75. The lowest BCUT2D eigenvalue weighted by atomic mass is 9.84. The molecule has 1 aromatic heterocycles. The van der Waals surface area contributed by atoms with Crippen molar-refractivity contribution in [2.24, 2.45) is 0 Å². The average molecular weight is 373 g/mol. The van der Waals surface area contributed by atoms with Crippen LogP contribution in [0.1, 0.15) is 24.5 Å². The van der Waals surface area contributed by atoms with Crippen molar-refractivity contribution in [3.63, 3.8) is 0 Å². The molecular weight excluding hydrogens is 355 g/mol. The Morgan fingerprint density at radius 1 is 0.960 bits per heavy atom. The summed E-state index contributed by atoms with van der Waals surface area (Å²) in [5.74, 6) is 0.601. The lowest BCUT2D eigenvalue weighted by Gasteiger charge is -2.29. The van der Waals surface area contributed by atoms with E-state index in [4.69, 9.17) is 23.2 Å². The van der Waals surface area contributed by atoms with E-state index in [1.807, 2.05) is 43.3 Å². The highest BCUT2D eigenvalue weighted by Gasteiger charge is 2.32. The molecule has 1 unspecified atom stereocenters. The van der Waals surface area contributed by atoms with E-state index in [0.29, 0.717) is 27.8 Å². The van der Waals surface area contributed by atoms with Crippen LogP contribution in [0.15, 0.2) is 66.9 Å². The molecule has 0 saturated carbocycles. The molecule has 0 amide bonds. The van der Waals surface area contributed by atoms with E-state index in [9.17, 15) is 5.11 Å². The number of aromatic nitrogens is 1. The summed E-state index contributed by atoms with van der Waals surface area (Å²) in [6.45, 7) is 1.94. The zero-order valence-corrected chi connectivity index (χ0v) is 15.2. The molecule has 1 heterocycles. The fourth-order valence-electron chi connectivity index (χ4n) is 2.78. The molecular formula is C20H18Cl2N2O. The lowest BCUT2D eigenvalue weighted by molar-refractivity contribution is 0.0770. The lowest BCUT2D eigenvalue weighted by Crippen LogP contribution is -2.27. The van der Waals surface area contributed by atoms with E-state index >= 15 is 0 Å². The summed E-state index contributed by atoms with van der Waals surface area (Å²) in [6.07, 6.45) is 2.19. The molecule has 1 atom stereocenters. The van der Waals surface area contributed by atoms with Gasteiger partial charge < -0.3 is 10.4 Å². The van der Waals surface area contributed by atoms with Crippen LogP contribution >= 0.6 is 23.2 Å². The number of anilines is 2. The maximum atomic E-state index is 11.4. The van der Waals surface area contributed by atoms with Crippen LogP contribution in [-0.4, -0.2) is 10.1 Å². The third kappa shape index (κ3) is 3.79. The third-order valence-corrected chi connectivity index (χ3v) is 4.70. The zero-order valence-electron chi connectivity index (χ0n) is 13.7. The van der Waals surface area contributed by atoms with Crippen molar-refractivity contribution in [1.82, 2.24) is 4.98 Å². The molecule has 0 aliphatic rings. The molecule has 0 spiro atoms. The van der Waals surface area contributed by atoms with Crippen LogP contribution in [0.3, 0.4) is 0 Å². The van der Waals surface area contributed by atoms with Gasteiger partial charge in [0.2, 0.25) is 0 Å². The highest BCUT2D eigenvalue weighted by atomic mass is 35.5. The molecule has 0 aliphatic carbocycles. The molecule has 0 aliphatic heterocycles. The van der Waals surface area contributed by atoms with Gasteiger partial charge in [-0.1, -0.05) is 48.3 Å². The zero-order chi connectivity index (χ0) is 17.9. The van der Waals surface area contributed by atoms with Crippen molar-refractivity contribution in [3.05, 3.63) is 88.0 Å². The van der Waals surface area contributed by atoms with Crippen LogP contribution in [0, 0.1) is 0 Å². The van der Waals surface area contributed by atoms with Crippen LogP contribution in [0.5, 0.6) is 0 Å². The van der Waals surface area contributed by atoms with Crippen molar-refractivity contribution in [1.29, 1.82) is 0 Å². The molecule has 3 nitrogen and oxygen atoms in total. The second-order valence-corrected chi connectivity index (χ2v) is 6.63. The number of pyridine rings is 1. The summed E-state index contributed by atoms with van der Waals surface area (Å²) >= 11 is 11.9.